The van der Waals surface area contributed by atoms with Crippen molar-refractivity contribution in [2.24, 2.45) is 0 Å². The molecule has 0 aliphatic rings. The number of carboxylic acids is 1. The van der Waals surface area contributed by atoms with Gasteiger partial charge in [-0.05, 0) is 55.9 Å². The monoisotopic (exact) mass is 340 g/mol. The van der Waals surface area contributed by atoms with Gasteiger partial charge in [0.1, 0.15) is 11.8 Å². The molecule has 1 aromatic rings. The number of aliphatic carboxylic acids is 1. The summed E-state index contributed by atoms with van der Waals surface area (Å²) in [6.45, 7) is 5.86. The van der Waals surface area contributed by atoms with Gasteiger partial charge in [0, 0.05) is 0 Å². The number of aryl methyl sites for hydroxylation is 2. The molecular weight excluding hydrogens is 316 g/mol. The van der Waals surface area contributed by atoms with E-state index in [0.29, 0.717) is 12.2 Å². The van der Waals surface area contributed by atoms with Crippen molar-refractivity contribution < 1.29 is 19.4 Å². The predicted octanol–water partition coefficient (Wildman–Crippen LogP) is 2.45. The molecule has 1 aromatic carbocycles. The average Bonchev–Trinajstić information content (AvgIpc) is 2.50. The molecule has 0 bridgehead atoms. The van der Waals surface area contributed by atoms with Gasteiger partial charge in [0.25, 0.3) is 0 Å². The zero-order valence-electron chi connectivity index (χ0n) is 13.9. The van der Waals surface area contributed by atoms with Crippen LogP contribution >= 0.6 is 11.8 Å². The highest BCUT2D eigenvalue weighted by Gasteiger charge is 2.19. The lowest BCUT2D eigenvalue weighted by atomic mass is 10.1. The van der Waals surface area contributed by atoms with Gasteiger partial charge < -0.3 is 20.5 Å². The maximum Gasteiger partial charge on any atom is 0.326 e. The predicted molar refractivity (Wildman–Crippen MR) is 92.2 cm³/mol. The first-order valence-electron chi connectivity index (χ1n) is 7.32. The van der Waals surface area contributed by atoms with Crippen LogP contribution in [-0.2, 0) is 4.79 Å². The Hall–Kier alpha value is -1.89. The third kappa shape index (κ3) is 6.02. The molecule has 0 aliphatic carbocycles. The molecule has 1 atom stereocenters. The minimum Gasteiger partial charge on any atom is -0.480 e. The molecule has 2 amide bonds. The molecule has 3 N–H and O–H groups in total. The average molecular weight is 340 g/mol. The lowest BCUT2D eigenvalue weighted by molar-refractivity contribution is -0.139. The van der Waals surface area contributed by atoms with Crippen molar-refractivity contribution in [2.75, 3.05) is 18.7 Å². The van der Waals surface area contributed by atoms with Crippen LogP contribution in [0.3, 0.4) is 0 Å². The number of ether oxygens (including phenoxy) is 1. The van der Waals surface area contributed by atoms with E-state index in [1.807, 2.05) is 39.2 Å². The van der Waals surface area contributed by atoms with Crippen LogP contribution in [0.1, 0.15) is 23.1 Å². The van der Waals surface area contributed by atoms with E-state index >= 15 is 0 Å². The fourth-order valence-electron chi connectivity index (χ4n) is 2.02. The number of thioether (sulfide) groups is 1. The maximum atomic E-state index is 11.8. The van der Waals surface area contributed by atoms with Crippen LogP contribution < -0.4 is 15.4 Å². The Morgan fingerprint density at radius 1 is 1.26 bits per heavy atom. The van der Waals surface area contributed by atoms with Gasteiger partial charge in [-0.15, -0.1) is 0 Å². The van der Waals surface area contributed by atoms with Gasteiger partial charge >= 0.3 is 12.0 Å². The van der Waals surface area contributed by atoms with Crippen molar-refractivity contribution in [3.8, 4) is 5.75 Å². The molecule has 0 aromatic heterocycles. The van der Waals surface area contributed by atoms with Crippen molar-refractivity contribution in [1.82, 2.24) is 10.6 Å². The van der Waals surface area contributed by atoms with E-state index in [9.17, 15) is 9.59 Å². The van der Waals surface area contributed by atoms with Gasteiger partial charge in [0.05, 0.1) is 0 Å². The van der Waals surface area contributed by atoms with Crippen LogP contribution in [-0.4, -0.2) is 41.9 Å². The number of hydrogen-bond donors (Lipinski definition) is 3. The summed E-state index contributed by atoms with van der Waals surface area (Å²) in [4.78, 5) is 22.9. The first-order valence-corrected chi connectivity index (χ1v) is 8.72. The van der Waals surface area contributed by atoms with E-state index in [2.05, 4.69) is 10.6 Å². The number of carboxylic acid groups (broad SMARTS) is 1. The molecule has 0 saturated carbocycles. The second-order valence-electron chi connectivity index (χ2n) is 5.26. The second-order valence-corrected chi connectivity index (χ2v) is 6.25. The molecule has 0 spiro atoms. The fraction of sp³-hybridized carbons (Fsp3) is 0.500. The zero-order chi connectivity index (χ0) is 17.4. The number of carbonyl (C=O) groups excluding carboxylic acids is 1. The number of nitrogens with one attached hydrogen (secondary N) is 2. The smallest absolute Gasteiger partial charge is 0.326 e. The molecule has 0 saturated heterocycles. The van der Waals surface area contributed by atoms with Crippen molar-refractivity contribution in [1.29, 1.82) is 0 Å². The Labute approximate surface area is 141 Å². The van der Waals surface area contributed by atoms with E-state index in [-0.39, 0.29) is 6.73 Å². The first-order chi connectivity index (χ1) is 10.9. The van der Waals surface area contributed by atoms with Crippen LogP contribution in [0, 0.1) is 20.8 Å². The van der Waals surface area contributed by atoms with Crippen LogP contribution in [0.2, 0.25) is 0 Å². The van der Waals surface area contributed by atoms with Crippen molar-refractivity contribution in [3.05, 3.63) is 28.8 Å². The summed E-state index contributed by atoms with van der Waals surface area (Å²) in [5.41, 5.74) is 3.12. The van der Waals surface area contributed by atoms with Crippen LogP contribution in [0.15, 0.2) is 12.1 Å². The topological polar surface area (TPSA) is 87.7 Å². The third-order valence-electron chi connectivity index (χ3n) is 3.54. The molecule has 1 rings (SSSR count). The highest BCUT2D eigenvalue weighted by Crippen LogP contribution is 2.25. The Morgan fingerprint density at radius 3 is 2.52 bits per heavy atom. The summed E-state index contributed by atoms with van der Waals surface area (Å²) in [5, 5.41) is 14.0. The van der Waals surface area contributed by atoms with E-state index in [4.69, 9.17) is 9.84 Å². The minimum absolute atomic E-state index is 0.0220. The Morgan fingerprint density at radius 2 is 1.91 bits per heavy atom. The number of urea groups is 1. The highest BCUT2D eigenvalue weighted by molar-refractivity contribution is 7.98. The fourth-order valence-corrected chi connectivity index (χ4v) is 2.50. The molecule has 0 radical (unpaired) electrons. The summed E-state index contributed by atoms with van der Waals surface area (Å²) in [6.07, 6.45) is 2.26. The molecule has 0 fully saturated rings. The SMILES string of the molecule is CSCCC(NC(=O)NCOc1c(C)ccc(C)c1C)C(=O)O. The lowest BCUT2D eigenvalue weighted by Gasteiger charge is -2.17. The van der Waals surface area contributed by atoms with Gasteiger partial charge in [0.15, 0.2) is 6.73 Å². The Kier molecular flexibility index (Phi) is 7.74. The quantitative estimate of drug-likeness (QED) is 0.633. The molecule has 1 unspecified atom stereocenters. The molecule has 6 nitrogen and oxygen atoms in total. The summed E-state index contributed by atoms with van der Waals surface area (Å²) >= 11 is 1.53. The number of benzene rings is 1. The lowest BCUT2D eigenvalue weighted by Crippen LogP contribution is -2.47. The number of carbonyl (C=O) groups is 2. The van der Waals surface area contributed by atoms with E-state index < -0.39 is 18.0 Å². The normalized spacial score (nSPS) is 11.7. The van der Waals surface area contributed by atoms with Gasteiger partial charge in [-0.25, -0.2) is 9.59 Å². The Bertz CT molecular complexity index is 563. The Balaban J connectivity index is 2.50. The first kappa shape index (κ1) is 19.2. The molecule has 128 valence electrons. The van der Waals surface area contributed by atoms with Crippen LogP contribution in [0.25, 0.3) is 0 Å². The van der Waals surface area contributed by atoms with E-state index in [1.54, 1.807) is 0 Å². The summed E-state index contributed by atoms with van der Waals surface area (Å²) < 4.78 is 5.62. The van der Waals surface area contributed by atoms with Gasteiger partial charge in [-0.1, -0.05) is 12.1 Å². The van der Waals surface area contributed by atoms with Crippen molar-refractivity contribution >= 4 is 23.8 Å². The zero-order valence-corrected chi connectivity index (χ0v) is 14.8. The van der Waals surface area contributed by atoms with Gasteiger partial charge in [-0.2, -0.15) is 11.8 Å². The van der Waals surface area contributed by atoms with Crippen LogP contribution in [0.5, 0.6) is 5.75 Å². The molecule has 7 heteroatoms. The molecule has 0 heterocycles. The minimum atomic E-state index is -1.04. The number of hydrogen-bond acceptors (Lipinski definition) is 4. The second kappa shape index (κ2) is 9.29. The van der Waals surface area contributed by atoms with Crippen LogP contribution in [0.4, 0.5) is 4.79 Å². The van der Waals surface area contributed by atoms with Gasteiger partial charge in [0.2, 0.25) is 0 Å². The highest BCUT2D eigenvalue weighted by atomic mass is 32.2. The molecular formula is C16H24N2O4S. The number of rotatable bonds is 8. The number of amides is 2. The van der Waals surface area contributed by atoms with E-state index in [0.717, 1.165) is 22.4 Å². The summed E-state index contributed by atoms with van der Waals surface area (Å²) in [7, 11) is 0. The summed E-state index contributed by atoms with van der Waals surface area (Å²) in [5.74, 6) is 0.359. The van der Waals surface area contributed by atoms with Crippen molar-refractivity contribution in [2.45, 2.75) is 33.2 Å². The molecule has 23 heavy (non-hydrogen) atoms. The van der Waals surface area contributed by atoms with E-state index in [1.165, 1.54) is 11.8 Å². The summed E-state index contributed by atoms with van der Waals surface area (Å²) in [6, 6.07) is 2.52. The maximum absolute atomic E-state index is 11.8. The third-order valence-corrected chi connectivity index (χ3v) is 4.18. The largest absolute Gasteiger partial charge is 0.480 e. The molecule has 0 aliphatic heterocycles. The van der Waals surface area contributed by atoms with Gasteiger partial charge in [-0.3, -0.25) is 0 Å². The van der Waals surface area contributed by atoms with Crippen molar-refractivity contribution in [3.63, 3.8) is 0 Å². The standard InChI is InChI=1S/C16H24N2O4S/c1-10-5-6-11(2)14(12(10)3)22-9-17-16(21)18-13(15(19)20)7-8-23-4/h5-6,13H,7-9H2,1-4H3,(H,19,20)(H2,17,18,21).